The van der Waals surface area contributed by atoms with E-state index in [0.29, 0.717) is 12.6 Å². The maximum absolute atomic E-state index is 11.1. The van der Waals surface area contributed by atoms with Crippen molar-refractivity contribution in [3.63, 3.8) is 0 Å². The Hall–Kier alpha value is -1.07. The fourth-order valence-electron chi connectivity index (χ4n) is 1.29. The Labute approximate surface area is 85.5 Å². The lowest BCUT2D eigenvalue weighted by atomic mass is 10.3. The van der Waals surface area contributed by atoms with Crippen LogP contribution in [-0.4, -0.2) is 29.2 Å². The predicted octanol–water partition coefficient (Wildman–Crippen LogP) is 0.624. The van der Waals surface area contributed by atoms with Crippen molar-refractivity contribution in [1.29, 1.82) is 0 Å². The third kappa shape index (κ3) is 2.05. The van der Waals surface area contributed by atoms with E-state index in [9.17, 15) is 4.79 Å². The Morgan fingerprint density at radius 3 is 3.21 bits per heavy atom. The molecular formula is C8H10ClN3O2. The van der Waals surface area contributed by atoms with E-state index >= 15 is 0 Å². The monoisotopic (exact) mass is 215 g/mol. The molecule has 2 heterocycles. The molecular weight excluding hydrogens is 206 g/mol. The van der Waals surface area contributed by atoms with Crippen LogP contribution in [0.1, 0.15) is 6.42 Å². The summed E-state index contributed by atoms with van der Waals surface area (Å²) in [6, 6.07) is 0.222. The fraction of sp³-hybridized carbons (Fsp3) is 0.500. The van der Waals surface area contributed by atoms with Gasteiger partial charge < -0.3 is 10.1 Å². The molecule has 76 valence electrons. The van der Waals surface area contributed by atoms with Crippen LogP contribution in [0.15, 0.2) is 11.0 Å². The van der Waals surface area contributed by atoms with Crippen molar-refractivity contribution in [2.24, 2.45) is 0 Å². The van der Waals surface area contributed by atoms with Gasteiger partial charge in [0.2, 0.25) is 5.95 Å². The molecule has 1 aliphatic heterocycles. The van der Waals surface area contributed by atoms with Crippen LogP contribution >= 0.6 is 11.6 Å². The molecule has 1 aromatic heterocycles. The molecule has 0 amide bonds. The number of hydrogen-bond donors (Lipinski definition) is 2. The molecule has 0 aromatic carbocycles. The molecule has 2 N–H and O–H groups in total. The summed E-state index contributed by atoms with van der Waals surface area (Å²) in [6.07, 6.45) is 2.25. The van der Waals surface area contributed by atoms with E-state index < -0.39 is 0 Å². The van der Waals surface area contributed by atoms with Gasteiger partial charge in [-0.05, 0) is 6.42 Å². The standard InChI is InChI=1S/C8H10ClN3O2/c9-6-3-10-8(12-7(6)13)11-5-1-2-14-4-5/h3,5H,1-2,4H2,(H2,10,11,12,13). The maximum Gasteiger partial charge on any atom is 0.271 e. The number of ether oxygens (including phenoxy) is 1. The third-order valence-electron chi connectivity index (χ3n) is 2.03. The van der Waals surface area contributed by atoms with E-state index in [1.54, 1.807) is 0 Å². The largest absolute Gasteiger partial charge is 0.379 e. The van der Waals surface area contributed by atoms with Crippen LogP contribution in [0.3, 0.4) is 0 Å². The average Bonchev–Trinajstić information content (AvgIpc) is 2.64. The van der Waals surface area contributed by atoms with E-state index in [1.165, 1.54) is 6.20 Å². The van der Waals surface area contributed by atoms with Gasteiger partial charge in [0.25, 0.3) is 5.56 Å². The van der Waals surface area contributed by atoms with Crippen molar-refractivity contribution in [2.75, 3.05) is 18.5 Å². The molecule has 0 bridgehead atoms. The molecule has 0 spiro atoms. The van der Waals surface area contributed by atoms with Crippen LogP contribution in [0.2, 0.25) is 5.02 Å². The first-order valence-corrected chi connectivity index (χ1v) is 4.72. The second kappa shape index (κ2) is 3.98. The number of hydrogen-bond acceptors (Lipinski definition) is 4. The highest BCUT2D eigenvalue weighted by Crippen LogP contribution is 2.09. The maximum atomic E-state index is 11.1. The van der Waals surface area contributed by atoms with Gasteiger partial charge in [-0.3, -0.25) is 9.78 Å². The minimum atomic E-state index is -0.330. The molecule has 6 heteroatoms. The summed E-state index contributed by atoms with van der Waals surface area (Å²) < 4.78 is 5.17. The van der Waals surface area contributed by atoms with Gasteiger partial charge >= 0.3 is 0 Å². The topological polar surface area (TPSA) is 67.0 Å². The number of aromatic amines is 1. The molecule has 0 saturated carbocycles. The SMILES string of the molecule is O=c1[nH]c(NC2CCOC2)ncc1Cl. The summed E-state index contributed by atoms with van der Waals surface area (Å²) in [7, 11) is 0. The van der Waals surface area contributed by atoms with Gasteiger partial charge in [-0.15, -0.1) is 0 Å². The molecule has 5 nitrogen and oxygen atoms in total. The van der Waals surface area contributed by atoms with Gasteiger partial charge in [-0.1, -0.05) is 11.6 Å². The summed E-state index contributed by atoms with van der Waals surface area (Å²) in [5, 5.41) is 3.15. The Balaban J connectivity index is 2.09. The lowest BCUT2D eigenvalue weighted by Crippen LogP contribution is -2.22. The molecule has 1 unspecified atom stereocenters. The van der Waals surface area contributed by atoms with E-state index in [1.807, 2.05) is 0 Å². The molecule has 2 rings (SSSR count). The van der Waals surface area contributed by atoms with Gasteiger partial charge in [-0.25, -0.2) is 4.98 Å². The molecule has 1 aromatic rings. The number of aromatic nitrogens is 2. The number of anilines is 1. The molecule has 1 saturated heterocycles. The van der Waals surface area contributed by atoms with Crippen molar-refractivity contribution in [1.82, 2.24) is 9.97 Å². The zero-order chi connectivity index (χ0) is 9.97. The van der Waals surface area contributed by atoms with Crippen LogP contribution < -0.4 is 10.9 Å². The van der Waals surface area contributed by atoms with Gasteiger partial charge in [-0.2, -0.15) is 0 Å². The molecule has 1 aliphatic rings. The van der Waals surface area contributed by atoms with Crippen LogP contribution in [0.5, 0.6) is 0 Å². The zero-order valence-electron chi connectivity index (χ0n) is 7.42. The lowest BCUT2D eigenvalue weighted by molar-refractivity contribution is 0.195. The van der Waals surface area contributed by atoms with Crippen LogP contribution in [0.4, 0.5) is 5.95 Å². The number of halogens is 1. The summed E-state index contributed by atoms with van der Waals surface area (Å²) >= 11 is 5.54. The second-order valence-corrected chi connectivity index (χ2v) is 3.52. The molecule has 14 heavy (non-hydrogen) atoms. The first kappa shape index (κ1) is 9.48. The van der Waals surface area contributed by atoms with Crippen LogP contribution in [0, 0.1) is 0 Å². The highest BCUT2D eigenvalue weighted by Gasteiger charge is 2.15. The highest BCUT2D eigenvalue weighted by atomic mass is 35.5. The minimum Gasteiger partial charge on any atom is -0.379 e. The van der Waals surface area contributed by atoms with Crippen LogP contribution in [-0.2, 0) is 4.74 Å². The van der Waals surface area contributed by atoms with Gasteiger partial charge in [0, 0.05) is 6.61 Å². The quantitative estimate of drug-likeness (QED) is 0.759. The van der Waals surface area contributed by atoms with E-state index in [-0.39, 0.29) is 16.6 Å². The fourth-order valence-corrected chi connectivity index (χ4v) is 1.39. The summed E-state index contributed by atoms with van der Waals surface area (Å²) in [6.45, 7) is 1.39. The minimum absolute atomic E-state index is 0.0956. The Kier molecular flexibility index (Phi) is 2.69. The van der Waals surface area contributed by atoms with Crippen molar-refractivity contribution in [3.8, 4) is 0 Å². The van der Waals surface area contributed by atoms with Gasteiger partial charge in [0.15, 0.2) is 0 Å². The molecule has 1 fully saturated rings. The van der Waals surface area contributed by atoms with Gasteiger partial charge in [0.1, 0.15) is 5.02 Å². The normalized spacial score (nSPS) is 21.1. The Morgan fingerprint density at radius 1 is 1.71 bits per heavy atom. The highest BCUT2D eigenvalue weighted by molar-refractivity contribution is 6.30. The smallest absolute Gasteiger partial charge is 0.271 e. The van der Waals surface area contributed by atoms with Crippen molar-refractivity contribution in [2.45, 2.75) is 12.5 Å². The van der Waals surface area contributed by atoms with Crippen molar-refractivity contribution < 1.29 is 4.74 Å². The van der Waals surface area contributed by atoms with Crippen molar-refractivity contribution in [3.05, 3.63) is 21.6 Å². The van der Waals surface area contributed by atoms with E-state index in [2.05, 4.69) is 15.3 Å². The van der Waals surface area contributed by atoms with Crippen molar-refractivity contribution >= 4 is 17.5 Å². The zero-order valence-corrected chi connectivity index (χ0v) is 8.17. The lowest BCUT2D eigenvalue weighted by Gasteiger charge is -2.09. The Bertz CT molecular complexity index is 373. The van der Waals surface area contributed by atoms with Crippen LogP contribution in [0.25, 0.3) is 0 Å². The van der Waals surface area contributed by atoms with E-state index in [0.717, 1.165) is 13.0 Å². The van der Waals surface area contributed by atoms with E-state index in [4.69, 9.17) is 16.3 Å². The number of nitrogens with one attached hydrogen (secondary N) is 2. The summed E-state index contributed by atoms with van der Waals surface area (Å²) in [5.41, 5.74) is -0.330. The summed E-state index contributed by atoms with van der Waals surface area (Å²) in [4.78, 5) is 17.6. The number of H-pyrrole nitrogens is 1. The summed E-state index contributed by atoms with van der Waals surface area (Å²) in [5.74, 6) is 0.440. The first-order chi connectivity index (χ1) is 6.75. The molecule has 0 aliphatic carbocycles. The third-order valence-corrected chi connectivity index (χ3v) is 2.30. The first-order valence-electron chi connectivity index (χ1n) is 4.35. The number of rotatable bonds is 2. The average molecular weight is 216 g/mol. The molecule has 0 radical (unpaired) electrons. The van der Waals surface area contributed by atoms with Gasteiger partial charge in [0.05, 0.1) is 18.8 Å². The number of nitrogens with zero attached hydrogens (tertiary/aromatic N) is 1. The molecule has 1 atom stereocenters. The Morgan fingerprint density at radius 2 is 2.57 bits per heavy atom. The second-order valence-electron chi connectivity index (χ2n) is 3.11. The predicted molar refractivity (Wildman–Crippen MR) is 52.7 cm³/mol.